The summed E-state index contributed by atoms with van der Waals surface area (Å²) < 4.78 is 26.6. The number of nitrogens with zero attached hydrogens (tertiary/aromatic N) is 4. The van der Waals surface area contributed by atoms with E-state index in [2.05, 4.69) is 20.1 Å². The summed E-state index contributed by atoms with van der Waals surface area (Å²) in [6.07, 6.45) is 13.6. The van der Waals surface area contributed by atoms with Crippen LogP contribution in [0.1, 0.15) is 51.0 Å². The molecule has 0 bridgehead atoms. The summed E-state index contributed by atoms with van der Waals surface area (Å²) in [5, 5.41) is 5.60. The van der Waals surface area contributed by atoms with Crippen molar-refractivity contribution in [3.8, 4) is 11.3 Å². The van der Waals surface area contributed by atoms with Gasteiger partial charge in [-0.25, -0.2) is 9.97 Å². The number of halogens is 2. The summed E-state index contributed by atoms with van der Waals surface area (Å²) >= 11 is 0. The number of nitrogens with one attached hydrogen (secondary N) is 1. The third-order valence-corrected chi connectivity index (χ3v) is 5.52. The second-order valence-electron chi connectivity index (χ2n) is 7.21. The second-order valence-corrected chi connectivity index (χ2v) is 7.21. The van der Waals surface area contributed by atoms with Gasteiger partial charge in [-0.05, 0) is 50.2 Å². The first-order valence-corrected chi connectivity index (χ1v) is 9.56. The molecule has 0 spiro atoms. The summed E-state index contributed by atoms with van der Waals surface area (Å²) in [5.41, 5.74) is 2.62. The highest BCUT2D eigenvalue weighted by molar-refractivity contribution is 5.89. The zero-order valence-electron chi connectivity index (χ0n) is 15.1. The monoisotopic (exact) mass is 371 g/mol. The number of hydrogen-bond acceptors (Lipinski definition) is 3. The molecule has 0 aliphatic heterocycles. The molecule has 3 aromatic heterocycles. The Kier molecular flexibility index (Phi) is 5.27. The number of H-pyrrole nitrogens is 1. The van der Waals surface area contributed by atoms with E-state index in [1.54, 1.807) is 6.33 Å². The van der Waals surface area contributed by atoms with Gasteiger partial charge in [-0.3, -0.25) is 4.68 Å². The predicted octanol–water partition coefficient (Wildman–Crippen LogP) is 5.50. The van der Waals surface area contributed by atoms with Crippen LogP contribution in [0.3, 0.4) is 0 Å². The van der Waals surface area contributed by atoms with Gasteiger partial charge in [0.15, 0.2) is 0 Å². The minimum absolute atomic E-state index is 0.251. The molecule has 4 rings (SSSR count). The molecule has 0 saturated heterocycles. The quantitative estimate of drug-likeness (QED) is 0.558. The average molecular weight is 371 g/mol. The molecule has 1 aliphatic carbocycles. The van der Waals surface area contributed by atoms with Crippen LogP contribution in [0.4, 0.5) is 8.78 Å². The van der Waals surface area contributed by atoms with E-state index in [4.69, 9.17) is 0 Å². The highest BCUT2D eigenvalue weighted by Crippen LogP contribution is 2.37. The first-order valence-electron chi connectivity index (χ1n) is 9.56. The van der Waals surface area contributed by atoms with Crippen LogP contribution < -0.4 is 0 Å². The third-order valence-electron chi connectivity index (χ3n) is 5.52. The smallest absolute Gasteiger partial charge is 0.266 e. The first kappa shape index (κ1) is 17.8. The van der Waals surface area contributed by atoms with E-state index < -0.39 is 6.08 Å². The molecule has 1 N–H and O–H groups in total. The van der Waals surface area contributed by atoms with Gasteiger partial charge < -0.3 is 4.98 Å². The summed E-state index contributed by atoms with van der Waals surface area (Å²) in [6, 6.07) is 2.22. The van der Waals surface area contributed by atoms with E-state index in [1.807, 2.05) is 29.3 Å². The zero-order chi connectivity index (χ0) is 18.6. The van der Waals surface area contributed by atoms with Crippen LogP contribution >= 0.6 is 0 Å². The lowest BCUT2D eigenvalue weighted by Crippen LogP contribution is -2.18. The van der Waals surface area contributed by atoms with Gasteiger partial charge >= 0.3 is 0 Å². The molecule has 0 aromatic carbocycles. The van der Waals surface area contributed by atoms with Gasteiger partial charge in [-0.15, -0.1) is 0 Å². The van der Waals surface area contributed by atoms with Crippen molar-refractivity contribution in [3.63, 3.8) is 0 Å². The van der Waals surface area contributed by atoms with Crippen LogP contribution in [0.2, 0.25) is 0 Å². The Hall–Kier alpha value is -2.57. The number of rotatable bonds is 7. The summed E-state index contributed by atoms with van der Waals surface area (Å²) in [4.78, 5) is 11.8. The van der Waals surface area contributed by atoms with Crippen LogP contribution in [-0.4, -0.2) is 24.7 Å². The Labute approximate surface area is 156 Å². The highest BCUT2D eigenvalue weighted by Gasteiger charge is 2.27. The fourth-order valence-electron chi connectivity index (χ4n) is 4.21. The third kappa shape index (κ3) is 3.91. The molecular formula is C20H23F2N5. The highest BCUT2D eigenvalue weighted by atomic mass is 19.3. The van der Waals surface area contributed by atoms with Gasteiger partial charge in [-0.2, -0.15) is 13.9 Å². The van der Waals surface area contributed by atoms with Crippen molar-refractivity contribution in [2.24, 2.45) is 5.92 Å². The van der Waals surface area contributed by atoms with E-state index >= 15 is 0 Å². The lowest BCUT2D eigenvalue weighted by Gasteiger charge is -2.23. The molecule has 142 valence electrons. The minimum Gasteiger partial charge on any atom is -0.346 e. The number of hydrogen-bond donors (Lipinski definition) is 1. The molecule has 7 heteroatoms. The first-order chi connectivity index (χ1) is 13.2. The molecule has 1 atom stereocenters. The number of allylic oxidation sites excluding steroid dienone is 1. The Morgan fingerprint density at radius 3 is 2.96 bits per heavy atom. The lowest BCUT2D eigenvalue weighted by molar-refractivity contribution is 0.287. The van der Waals surface area contributed by atoms with Gasteiger partial charge in [-0.1, -0.05) is 12.8 Å². The Morgan fingerprint density at radius 2 is 2.15 bits per heavy atom. The molecule has 0 radical (unpaired) electrons. The molecule has 3 aromatic rings. The second kappa shape index (κ2) is 7.98. The van der Waals surface area contributed by atoms with Crippen LogP contribution in [0.5, 0.6) is 0 Å². The maximum absolute atomic E-state index is 12.3. The fraction of sp³-hybridized carbons (Fsp3) is 0.450. The molecule has 1 fully saturated rings. The summed E-state index contributed by atoms with van der Waals surface area (Å²) in [5.74, 6) is 0.564. The summed E-state index contributed by atoms with van der Waals surface area (Å²) in [6.45, 7) is 0. The van der Waals surface area contributed by atoms with Gasteiger partial charge in [0, 0.05) is 23.3 Å². The van der Waals surface area contributed by atoms with Crippen LogP contribution in [0, 0.1) is 5.92 Å². The van der Waals surface area contributed by atoms with Gasteiger partial charge in [0.05, 0.1) is 17.9 Å². The molecular weight excluding hydrogens is 348 g/mol. The molecule has 27 heavy (non-hydrogen) atoms. The largest absolute Gasteiger partial charge is 0.346 e. The molecule has 5 nitrogen and oxygen atoms in total. The lowest BCUT2D eigenvalue weighted by atomic mass is 9.93. The number of fused-ring (bicyclic) bond motifs is 1. The van der Waals surface area contributed by atoms with Crippen molar-refractivity contribution in [3.05, 3.63) is 43.1 Å². The fourth-order valence-corrected chi connectivity index (χ4v) is 4.21. The topological polar surface area (TPSA) is 59.4 Å². The van der Waals surface area contributed by atoms with Crippen molar-refractivity contribution in [1.82, 2.24) is 24.7 Å². The van der Waals surface area contributed by atoms with Gasteiger partial charge in [0.25, 0.3) is 6.08 Å². The normalized spacial score (nSPS) is 16.1. The molecule has 3 heterocycles. The maximum Gasteiger partial charge on any atom is 0.266 e. The maximum atomic E-state index is 12.3. The van der Waals surface area contributed by atoms with Crippen molar-refractivity contribution in [2.45, 2.75) is 51.0 Å². The number of aromatic amines is 1. The molecule has 0 amide bonds. The Morgan fingerprint density at radius 1 is 1.30 bits per heavy atom. The molecule has 1 saturated carbocycles. The van der Waals surface area contributed by atoms with E-state index in [9.17, 15) is 8.78 Å². The van der Waals surface area contributed by atoms with Crippen LogP contribution in [0.25, 0.3) is 22.3 Å². The standard InChI is InChI=1S/C20H23F2N5/c21-18(22)8-4-3-7-17(14-5-1-2-6-14)27-12-15(11-26-27)19-16-9-10-23-20(16)25-13-24-19/h8-14,17H,1-7H2,(H,23,24,25). The summed E-state index contributed by atoms with van der Waals surface area (Å²) in [7, 11) is 0. The number of aromatic nitrogens is 5. The van der Waals surface area contributed by atoms with Gasteiger partial charge in [0.1, 0.15) is 12.0 Å². The molecule has 1 aliphatic rings. The molecule has 1 unspecified atom stereocenters. The van der Waals surface area contributed by atoms with Crippen LogP contribution in [0.15, 0.2) is 43.1 Å². The average Bonchev–Trinajstić information content (AvgIpc) is 3.42. The van der Waals surface area contributed by atoms with Gasteiger partial charge in [0.2, 0.25) is 0 Å². The number of unbranched alkanes of at least 4 members (excludes halogenated alkanes) is 1. The van der Waals surface area contributed by atoms with E-state index in [0.717, 1.165) is 41.2 Å². The SMILES string of the molecule is FC(F)=CCCCC(C1CCCC1)n1cc(-c2ncnc3[nH]ccc23)cn1. The van der Waals surface area contributed by atoms with Crippen molar-refractivity contribution < 1.29 is 8.78 Å². The van der Waals surface area contributed by atoms with Crippen molar-refractivity contribution >= 4 is 11.0 Å². The van der Waals surface area contributed by atoms with Crippen molar-refractivity contribution in [2.75, 3.05) is 0 Å². The van der Waals surface area contributed by atoms with Crippen LogP contribution in [-0.2, 0) is 0 Å². The van der Waals surface area contributed by atoms with Crippen molar-refractivity contribution in [1.29, 1.82) is 0 Å². The minimum atomic E-state index is -1.59. The zero-order valence-corrected chi connectivity index (χ0v) is 15.1. The van der Waals surface area contributed by atoms with E-state index in [0.29, 0.717) is 12.3 Å². The predicted molar refractivity (Wildman–Crippen MR) is 100 cm³/mol. The van der Waals surface area contributed by atoms with E-state index in [-0.39, 0.29) is 6.04 Å². The van der Waals surface area contributed by atoms with E-state index in [1.165, 1.54) is 25.7 Å². The Bertz CT molecular complexity index is 919. The Balaban J connectivity index is 1.57.